The average Bonchev–Trinajstić information content (AvgIpc) is 3.05. The molecule has 5 nitrogen and oxygen atoms in total. The molecule has 2 aromatic heterocycles. The van der Waals surface area contributed by atoms with Crippen LogP contribution in [0.3, 0.4) is 0 Å². The van der Waals surface area contributed by atoms with Crippen molar-refractivity contribution in [1.29, 1.82) is 0 Å². The standard InChI is InChI=1S/C21H26FN5.HI/c1-3-24-21(25-10-7-16-6-9-23-13-15(16)2)26-11-8-17-14-27-20-12-18(22)4-5-19(17)20;/h4-6,9,12-14,27H,3,7-8,10-11H2,1-2H3,(H2,24,25,26);1H. The van der Waals surface area contributed by atoms with Gasteiger partial charge < -0.3 is 15.6 Å². The summed E-state index contributed by atoms with van der Waals surface area (Å²) in [6, 6.07) is 6.90. The fraction of sp³-hybridized carbons (Fsp3) is 0.333. The molecule has 28 heavy (non-hydrogen) atoms. The van der Waals surface area contributed by atoms with Crippen LogP contribution in [0.5, 0.6) is 0 Å². The summed E-state index contributed by atoms with van der Waals surface area (Å²) in [5, 5.41) is 7.72. The largest absolute Gasteiger partial charge is 0.361 e. The first kappa shape index (κ1) is 22.1. The molecule has 0 atom stereocenters. The quantitative estimate of drug-likeness (QED) is 0.264. The zero-order valence-electron chi connectivity index (χ0n) is 16.3. The van der Waals surface area contributed by atoms with Gasteiger partial charge in [-0.25, -0.2) is 4.39 Å². The van der Waals surface area contributed by atoms with Crippen LogP contribution in [0.2, 0.25) is 0 Å². The molecule has 0 bridgehead atoms. The minimum absolute atomic E-state index is 0. The number of hydrogen-bond acceptors (Lipinski definition) is 2. The molecular weight excluding hydrogens is 468 g/mol. The number of rotatable bonds is 7. The Balaban J connectivity index is 0.00000280. The molecule has 0 radical (unpaired) electrons. The van der Waals surface area contributed by atoms with Gasteiger partial charge in [0.15, 0.2) is 5.96 Å². The second-order valence-electron chi connectivity index (χ2n) is 6.49. The maximum Gasteiger partial charge on any atom is 0.191 e. The Morgan fingerprint density at radius 1 is 1.18 bits per heavy atom. The SMILES string of the molecule is CCNC(=NCCc1ccncc1C)NCCc1c[nH]c2cc(F)ccc12.I. The number of pyridine rings is 1. The first-order valence-electron chi connectivity index (χ1n) is 9.34. The number of hydrogen-bond donors (Lipinski definition) is 3. The molecule has 3 aromatic rings. The number of guanidine groups is 1. The van der Waals surface area contributed by atoms with E-state index >= 15 is 0 Å². The van der Waals surface area contributed by atoms with Crippen LogP contribution in [0.15, 0.2) is 47.8 Å². The molecule has 1 aromatic carbocycles. The predicted molar refractivity (Wildman–Crippen MR) is 124 cm³/mol. The highest BCUT2D eigenvalue weighted by Gasteiger charge is 2.05. The molecule has 0 amide bonds. The lowest BCUT2D eigenvalue weighted by atomic mass is 10.1. The third-order valence-corrected chi connectivity index (χ3v) is 4.55. The summed E-state index contributed by atoms with van der Waals surface area (Å²) in [5.41, 5.74) is 4.47. The van der Waals surface area contributed by atoms with Crippen LogP contribution < -0.4 is 10.6 Å². The van der Waals surface area contributed by atoms with E-state index in [2.05, 4.69) is 39.4 Å². The molecule has 0 aliphatic carbocycles. The van der Waals surface area contributed by atoms with Crippen molar-refractivity contribution in [3.8, 4) is 0 Å². The van der Waals surface area contributed by atoms with Gasteiger partial charge in [0.25, 0.3) is 0 Å². The van der Waals surface area contributed by atoms with E-state index in [-0.39, 0.29) is 29.8 Å². The maximum absolute atomic E-state index is 13.3. The van der Waals surface area contributed by atoms with Gasteiger partial charge in [0.1, 0.15) is 5.82 Å². The lowest BCUT2D eigenvalue weighted by molar-refractivity contribution is 0.629. The van der Waals surface area contributed by atoms with Gasteiger partial charge in [0.2, 0.25) is 0 Å². The Labute approximate surface area is 182 Å². The number of nitrogens with one attached hydrogen (secondary N) is 3. The average molecular weight is 495 g/mol. The topological polar surface area (TPSA) is 65.1 Å². The second-order valence-corrected chi connectivity index (χ2v) is 6.49. The smallest absolute Gasteiger partial charge is 0.191 e. The molecule has 0 unspecified atom stereocenters. The molecule has 7 heteroatoms. The van der Waals surface area contributed by atoms with Crippen molar-refractivity contribution in [1.82, 2.24) is 20.6 Å². The maximum atomic E-state index is 13.3. The minimum atomic E-state index is -0.222. The summed E-state index contributed by atoms with van der Waals surface area (Å²) >= 11 is 0. The van der Waals surface area contributed by atoms with Gasteiger partial charge in [0.05, 0.1) is 0 Å². The number of fused-ring (bicyclic) bond motifs is 1. The van der Waals surface area contributed by atoms with Crippen molar-refractivity contribution in [2.45, 2.75) is 26.7 Å². The third kappa shape index (κ3) is 5.92. The van der Waals surface area contributed by atoms with E-state index in [1.54, 1.807) is 0 Å². The molecule has 3 N–H and O–H groups in total. The lowest BCUT2D eigenvalue weighted by Crippen LogP contribution is -2.38. The summed E-state index contributed by atoms with van der Waals surface area (Å²) in [5.74, 6) is 0.593. The van der Waals surface area contributed by atoms with Crippen LogP contribution in [0.25, 0.3) is 10.9 Å². The van der Waals surface area contributed by atoms with Crippen molar-refractivity contribution in [2.75, 3.05) is 19.6 Å². The van der Waals surface area contributed by atoms with Crippen molar-refractivity contribution in [2.24, 2.45) is 4.99 Å². The zero-order chi connectivity index (χ0) is 19.1. The summed E-state index contributed by atoms with van der Waals surface area (Å²) in [6.45, 7) is 6.41. The molecule has 150 valence electrons. The van der Waals surface area contributed by atoms with E-state index in [4.69, 9.17) is 0 Å². The highest BCUT2D eigenvalue weighted by atomic mass is 127. The number of aryl methyl sites for hydroxylation is 1. The Morgan fingerprint density at radius 3 is 2.82 bits per heavy atom. The number of halogens is 2. The molecule has 0 aliphatic rings. The lowest BCUT2D eigenvalue weighted by Gasteiger charge is -2.11. The number of benzene rings is 1. The summed E-state index contributed by atoms with van der Waals surface area (Å²) in [7, 11) is 0. The van der Waals surface area contributed by atoms with Crippen molar-refractivity contribution in [3.63, 3.8) is 0 Å². The van der Waals surface area contributed by atoms with Gasteiger partial charge in [-0.3, -0.25) is 9.98 Å². The first-order valence-corrected chi connectivity index (χ1v) is 9.34. The molecule has 2 heterocycles. The van der Waals surface area contributed by atoms with Crippen molar-refractivity contribution < 1.29 is 4.39 Å². The summed E-state index contributed by atoms with van der Waals surface area (Å²) in [4.78, 5) is 11.9. The molecule has 3 rings (SSSR count). The van der Waals surface area contributed by atoms with Crippen LogP contribution in [0.4, 0.5) is 4.39 Å². The van der Waals surface area contributed by atoms with Gasteiger partial charge in [-0.15, -0.1) is 24.0 Å². The van der Waals surface area contributed by atoms with Crippen LogP contribution in [0.1, 0.15) is 23.6 Å². The van der Waals surface area contributed by atoms with E-state index in [1.807, 2.05) is 30.7 Å². The Kier molecular flexibility index (Phi) is 8.69. The van der Waals surface area contributed by atoms with E-state index in [0.29, 0.717) is 6.54 Å². The first-order chi connectivity index (χ1) is 13.2. The van der Waals surface area contributed by atoms with Crippen LogP contribution >= 0.6 is 24.0 Å². The normalized spacial score (nSPS) is 11.3. The van der Waals surface area contributed by atoms with E-state index in [9.17, 15) is 4.39 Å². The second kappa shape index (κ2) is 11.0. The Morgan fingerprint density at radius 2 is 2.04 bits per heavy atom. The highest BCUT2D eigenvalue weighted by molar-refractivity contribution is 14.0. The van der Waals surface area contributed by atoms with E-state index in [1.165, 1.54) is 28.8 Å². The fourth-order valence-corrected chi connectivity index (χ4v) is 3.09. The van der Waals surface area contributed by atoms with Gasteiger partial charge in [-0.1, -0.05) is 0 Å². The Bertz CT molecular complexity index is 922. The number of aromatic nitrogens is 2. The molecule has 0 spiro atoms. The Hall–Kier alpha value is -2.16. The molecule has 0 aliphatic heterocycles. The predicted octanol–water partition coefficient (Wildman–Crippen LogP) is 3.97. The minimum Gasteiger partial charge on any atom is -0.361 e. The van der Waals surface area contributed by atoms with Crippen LogP contribution in [-0.2, 0) is 12.8 Å². The third-order valence-electron chi connectivity index (χ3n) is 4.55. The van der Waals surface area contributed by atoms with Gasteiger partial charge >= 0.3 is 0 Å². The number of aromatic amines is 1. The summed E-state index contributed by atoms with van der Waals surface area (Å²) in [6.07, 6.45) is 7.37. The monoisotopic (exact) mass is 495 g/mol. The molecule has 0 saturated carbocycles. The molecule has 0 saturated heterocycles. The van der Waals surface area contributed by atoms with Gasteiger partial charge in [0, 0.05) is 49.1 Å². The van der Waals surface area contributed by atoms with Gasteiger partial charge in [-0.05, 0) is 67.6 Å². The van der Waals surface area contributed by atoms with Crippen LogP contribution in [0, 0.1) is 12.7 Å². The van der Waals surface area contributed by atoms with E-state index in [0.717, 1.165) is 42.8 Å². The molecular formula is C21H27FIN5. The number of aliphatic imine (C=N–C) groups is 1. The number of H-pyrrole nitrogens is 1. The van der Waals surface area contributed by atoms with Gasteiger partial charge in [-0.2, -0.15) is 0 Å². The molecule has 0 fully saturated rings. The highest BCUT2D eigenvalue weighted by Crippen LogP contribution is 2.19. The number of nitrogens with zero attached hydrogens (tertiary/aromatic N) is 2. The zero-order valence-corrected chi connectivity index (χ0v) is 18.6. The van der Waals surface area contributed by atoms with E-state index < -0.39 is 0 Å². The van der Waals surface area contributed by atoms with Crippen LogP contribution in [-0.4, -0.2) is 35.6 Å². The van der Waals surface area contributed by atoms with Crippen molar-refractivity contribution >= 4 is 40.8 Å². The summed E-state index contributed by atoms with van der Waals surface area (Å²) < 4.78 is 13.3. The fourth-order valence-electron chi connectivity index (χ4n) is 3.09. The van der Waals surface area contributed by atoms with Crippen molar-refractivity contribution in [3.05, 3.63) is 65.4 Å².